The summed E-state index contributed by atoms with van der Waals surface area (Å²) in [5.41, 5.74) is 1.81. The minimum Gasteiger partial charge on any atom is -0.452 e. The lowest BCUT2D eigenvalue weighted by Gasteiger charge is -2.15. The minimum atomic E-state index is -0.567. The first kappa shape index (κ1) is 19.1. The highest BCUT2D eigenvalue weighted by Crippen LogP contribution is 2.25. The van der Waals surface area contributed by atoms with Gasteiger partial charge < -0.3 is 15.4 Å². The van der Waals surface area contributed by atoms with Crippen molar-refractivity contribution in [1.82, 2.24) is 5.32 Å². The van der Waals surface area contributed by atoms with Crippen LogP contribution in [-0.4, -0.2) is 25.5 Å². The van der Waals surface area contributed by atoms with Crippen LogP contribution in [0.2, 0.25) is 10.0 Å². The van der Waals surface area contributed by atoms with Crippen LogP contribution >= 0.6 is 23.2 Å². The standard InChI is InChI=1S/C18H18Cl2N2O3/c1-11(12-7-8-14(19)15(20)9-12)22-17(23)10-25-18(24)13-5-3-4-6-16(13)21-2/h3-9,11,21H,10H2,1-2H3,(H,22,23)/t11-/m1/s1. The summed E-state index contributed by atoms with van der Waals surface area (Å²) >= 11 is 11.9. The number of hydrogen-bond donors (Lipinski definition) is 2. The van der Waals surface area contributed by atoms with Crippen LogP contribution < -0.4 is 10.6 Å². The van der Waals surface area contributed by atoms with Gasteiger partial charge >= 0.3 is 5.97 Å². The van der Waals surface area contributed by atoms with Crippen LogP contribution in [0, 0.1) is 0 Å². The van der Waals surface area contributed by atoms with E-state index >= 15 is 0 Å². The molecule has 2 aromatic carbocycles. The second kappa shape index (κ2) is 8.74. The van der Waals surface area contributed by atoms with Gasteiger partial charge in [-0.15, -0.1) is 0 Å². The molecule has 0 saturated heterocycles. The SMILES string of the molecule is CNc1ccccc1C(=O)OCC(=O)N[C@H](C)c1ccc(Cl)c(Cl)c1. The lowest BCUT2D eigenvalue weighted by atomic mass is 10.1. The number of carbonyl (C=O) groups is 2. The van der Waals surface area contributed by atoms with E-state index in [-0.39, 0.29) is 12.6 Å². The Kier molecular flexibility index (Phi) is 6.67. The van der Waals surface area contributed by atoms with Gasteiger partial charge in [-0.25, -0.2) is 4.79 Å². The van der Waals surface area contributed by atoms with E-state index in [9.17, 15) is 9.59 Å². The molecule has 0 radical (unpaired) electrons. The molecular formula is C18H18Cl2N2O3. The predicted octanol–water partition coefficient (Wildman–Crippen LogP) is 4.07. The Morgan fingerprint density at radius 3 is 2.52 bits per heavy atom. The molecule has 0 aliphatic heterocycles. The second-order valence-corrected chi connectivity index (χ2v) is 6.15. The zero-order valence-electron chi connectivity index (χ0n) is 13.8. The van der Waals surface area contributed by atoms with E-state index in [0.717, 1.165) is 5.56 Å². The highest BCUT2D eigenvalue weighted by molar-refractivity contribution is 6.42. The molecule has 0 spiro atoms. The van der Waals surface area contributed by atoms with E-state index in [4.69, 9.17) is 27.9 Å². The molecule has 7 heteroatoms. The lowest BCUT2D eigenvalue weighted by Crippen LogP contribution is -2.31. The lowest BCUT2D eigenvalue weighted by molar-refractivity contribution is -0.124. The molecule has 0 aliphatic carbocycles. The monoisotopic (exact) mass is 380 g/mol. The van der Waals surface area contributed by atoms with Gasteiger partial charge in [-0.05, 0) is 36.8 Å². The third-order valence-electron chi connectivity index (χ3n) is 3.57. The Morgan fingerprint density at radius 1 is 1.12 bits per heavy atom. The number of para-hydroxylation sites is 1. The number of esters is 1. The van der Waals surface area contributed by atoms with Gasteiger partial charge in [0.2, 0.25) is 0 Å². The number of benzene rings is 2. The predicted molar refractivity (Wildman–Crippen MR) is 99.3 cm³/mol. The van der Waals surface area contributed by atoms with Crippen LogP contribution in [-0.2, 0) is 9.53 Å². The van der Waals surface area contributed by atoms with Crippen LogP contribution in [0.3, 0.4) is 0 Å². The van der Waals surface area contributed by atoms with Crippen molar-refractivity contribution < 1.29 is 14.3 Å². The van der Waals surface area contributed by atoms with Gasteiger partial charge in [0.25, 0.3) is 5.91 Å². The van der Waals surface area contributed by atoms with Crippen molar-refractivity contribution in [1.29, 1.82) is 0 Å². The topological polar surface area (TPSA) is 67.4 Å². The van der Waals surface area contributed by atoms with Crippen LogP contribution in [0.4, 0.5) is 5.69 Å². The van der Waals surface area contributed by atoms with E-state index < -0.39 is 11.9 Å². The zero-order chi connectivity index (χ0) is 18.4. The largest absolute Gasteiger partial charge is 0.452 e. The van der Waals surface area contributed by atoms with Gasteiger partial charge in [0, 0.05) is 12.7 Å². The maximum atomic E-state index is 12.1. The molecule has 2 N–H and O–H groups in total. The van der Waals surface area contributed by atoms with Crippen LogP contribution in [0.1, 0.15) is 28.9 Å². The Bertz CT molecular complexity index is 781. The molecule has 2 aromatic rings. The van der Waals surface area contributed by atoms with E-state index in [0.29, 0.717) is 21.3 Å². The van der Waals surface area contributed by atoms with E-state index in [1.165, 1.54) is 0 Å². The Labute approximate surface area is 156 Å². The molecular weight excluding hydrogens is 363 g/mol. The maximum absolute atomic E-state index is 12.1. The van der Waals surface area contributed by atoms with Gasteiger partial charge in [0.05, 0.1) is 21.7 Å². The third kappa shape index (κ3) is 5.11. The fourth-order valence-corrected chi connectivity index (χ4v) is 2.54. The van der Waals surface area contributed by atoms with Crippen molar-refractivity contribution in [2.24, 2.45) is 0 Å². The first-order valence-electron chi connectivity index (χ1n) is 7.60. The number of amides is 1. The number of nitrogens with one attached hydrogen (secondary N) is 2. The first-order valence-corrected chi connectivity index (χ1v) is 8.36. The fraction of sp³-hybridized carbons (Fsp3) is 0.222. The average Bonchev–Trinajstić information content (AvgIpc) is 2.61. The van der Waals surface area contributed by atoms with Crippen molar-refractivity contribution in [2.45, 2.75) is 13.0 Å². The molecule has 5 nitrogen and oxygen atoms in total. The van der Waals surface area contributed by atoms with Gasteiger partial charge in [-0.1, -0.05) is 41.4 Å². The zero-order valence-corrected chi connectivity index (χ0v) is 15.3. The maximum Gasteiger partial charge on any atom is 0.340 e. The quantitative estimate of drug-likeness (QED) is 0.741. The molecule has 2 rings (SSSR count). The molecule has 0 heterocycles. The van der Waals surface area contributed by atoms with Crippen molar-refractivity contribution >= 4 is 40.8 Å². The molecule has 0 aliphatic rings. The summed E-state index contributed by atoms with van der Waals surface area (Å²) in [6.45, 7) is 1.43. The smallest absolute Gasteiger partial charge is 0.340 e. The third-order valence-corrected chi connectivity index (χ3v) is 4.31. The van der Waals surface area contributed by atoms with E-state index in [2.05, 4.69) is 10.6 Å². The van der Waals surface area contributed by atoms with Crippen molar-refractivity contribution in [3.8, 4) is 0 Å². The average molecular weight is 381 g/mol. The van der Waals surface area contributed by atoms with Crippen molar-refractivity contribution in [3.05, 3.63) is 63.6 Å². The summed E-state index contributed by atoms with van der Waals surface area (Å²) in [7, 11) is 1.71. The number of ether oxygens (including phenoxy) is 1. The number of anilines is 1. The van der Waals surface area contributed by atoms with Gasteiger partial charge in [-0.2, -0.15) is 0 Å². The van der Waals surface area contributed by atoms with Gasteiger partial charge in [0.15, 0.2) is 6.61 Å². The molecule has 25 heavy (non-hydrogen) atoms. The molecule has 0 fully saturated rings. The Morgan fingerprint density at radius 2 is 1.84 bits per heavy atom. The second-order valence-electron chi connectivity index (χ2n) is 5.33. The number of carbonyl (C=O) groups excluding carboxylic acids is 2. The normalized spacial score (nSPS) is 11.5. The van der Waals surface area contributed by atoms with E-state index in [1.54, 1.807) is 56.4 Å². The van der Waals surface area contributed by atoms with Gasteiger partial charge in [-0.3, -0.25) is 4.79 Å². The Balaban J connectivity index is 1.91. The molecule has 0 aromatic heterocycles. The highest BCUT2D eigenvalue weighted by Gasteiger charge is 2.15. The number of hydrogen-bond acceptors (Lipinski definition) is 4. The van der Waals surface area contributed by atoms with Crippen LogP contribution in [0.5, 0.6) is 0 Å². The number of rotatable bonds is 6. The van der Waals surface area contributed by atoms with Crippen molar-refractivity contribution in [3.63, 3.8) is 0 Å². The van der Waals surface area contributed by atoms with E-state index in [1.807, 2.05) is 0 Å². The molecule has 0 unspecified atom stereocenters. The molecule has 1 amide bonds. The molecule has 0 bridgehead atoms. The summed E-state index contributed by atoms with van der Waals surface area (Å²) in [4.78, 5) is 24.1. The number of halogens is 2. The van der Waals surface area contributed by atoms with Crippen molar-refractivity contribution in [2.75, 3.05) is 19.0 Å². The minimum absolute atomic E-state index is 0.300. The molecule has 0 saturated carbocycles. The van der Waals surface area contributed by atoms with Gasteiger partial charge in [0.1, 0.15) is 0 Å². The molecule has 132 valence electrons. The molecule has 1 atom stereocenters. The summed E-state index contributed by atoms with van der Waals surface area (Å²) < 4.78 is 5.07. The first-order chi connectivity index (χ1) is 11.9. The highest BCUT2D eigenvalue weighted by atomic mass is 35.5. The summed E-state index contributed by atoms with van der Waals surface area (Å²) in [6, 6.07) is 11.7. The summed E-state index contributed by atoms with van der Waals surface area (Å²) in [5.74, 6) is -0.976. The summed E-state index contributed by atoms with van der Waals surface area (Å²) in [6.07, 6.45) is 0. The van der Waals surface area contributed by atoms with Crippen LogP contribution in [0.15, 0.2) is 42.5 Å². The van der Waals surface area contributed by atoms with Crippen LogP contribution in [0.25, 0.3) is 0 Å². The summed E-state index contributed by atoms with van der Waals surface area (Å²) in [5, 5.41) is 6.51. The Hall–Kier alpha value is -2.24. The fourth-order valence-electron chi connectivity index (χ4n) is 2.24.